The lowest BCUT2D eigenvalue weighted by atomic mass is 9.54. The Morgan fingerprint density at radius 2 is 1.90 bits per heavy atom. The van der Waals surface area contributed by atoms with Gasteiger partial charge in [0.05, 0.1) is 0 Å². The number of fused-ring (bicyclic) bond motifs is 1. The number of aromatic hydroxyl groups is 1. The first-order chi connectivity index (χ1) is 20.2. The Bertz CT molecular complexity index is 1200. The molecule has 0 bridgehead atoms. The molecule has 1 aliphatic carbocycles. The minimum absolute atomic E-state index is 0.0428. The quantitative estimate of drug-likeness (QED) is 0.165. The number of nitrogens with zero attached hydrogens (tertiary/aromatic N) is 2. The van der Waals surface area contributed by atoms with E-state index >= 15 is 0 Å². The Hall–Kier alpha value is -3.12. The molecule has 2 aromatic rings. The maximum atomic E-state index is 13.8. The molecule has 0 radical (unpaired) electrons. The molecule has 1 heterocycles. The fourth-order valence-corrected chi connectivity index (χ4v) is 7.49. The third kappa shape index (κ3) is 7.44. The Morgan fingerprint density at radius 1 is 1.12 bits per heavy atom. The normalized spacial score (nSPS) is 24.1. The number of esters is 1. The summed E-state index contributed by atoms with van der Waals surface area (Å²) in [4.78, 5) is 30.9. The van der Waals surface area contributed by atoms with Gasteiger partial charge in [0.1, 0.15) is 11.4 Å². The number of piperidine rings is 1. The van der Waals surface area contributed by atoms with Gasteiger partial charge in [-0.2, -0.15) is 0 Å². The van der Waals surface area contributed by atoms with Crippen molar-refractivity contribution in [2.24, 2.45) is 5.92 Å². The van der Waals surface area contributed by atoms with Gasteiger partial charge in [-0.15, -0.1) is 6.58 Å². The third-order valence-corrected chi connectivity index (χ3v) is 9.32. The SMILES string of the molecule is C=CCN1CC[C@@]2(c3cccc(O)c3)C[C@@H](N(CC(C)C)C(=O)CCCCCc3ccccc3)CC[C@]2(OC(C)=O)C1. The second kappa shape index (κ2) is 14.4. The van der Waals surface area contributed by atoms with Crippen molar-refractivity contribution in [3.8, 4) is 5.75 Å². The second-order valence-corrected chi connectivity index (χ2v) is 12.9. The predicted molar refractivity (Wildman–Crippen MR) is 168 cm³/mol. The van der Waals surface area contributed by atoms with Crippen LogP contribution in [0, 0.1) is 5.92 Å². The van der Waals surface area contributed by atoms with Crippen LogP contribution in [0.25, 0.3) is 0 Å². The summed E-state index contributed by atoms with van der Waals surface area (Å²) in [6.07, 6.45) is 9.42. The smallest absolute Gasteiger partial charge is 0.303 e. The number of benzene rings is 2. The molecular weight excluding hydrogens is 524 g/mol. The monoisotopic (exact) mass is 574 g/mol. The van der Waals surface area contributed by atoms with E-state index in [4.69, 9.17) is 4.74 Å². The van der Waals surface area contributed by atoms with Crippen molar-refractivity contribution in [3.63, 3.8) is 0 Å². The number of phenols is 1. The van der Waals surface area contributed by atoms with E-state index in [0.29, 0.717) is 38.3 Å². The van der Waals surface area contributed by atoms with Gasteiger partial charge in [-0.1, -0.05) is 68.8 Å². The first-order valence-electron chi connectivity index (χ1n) is 15.8. The summed E-state index contributed by atoms with van der Waals surface area (Å²) in [5.41, 5.74) is 1.09. The standard InChI is InChI=1S/C36H50N2O4/c1-5-22-37-23-21-35(31-16-12-17-33(40)24-31)25-32(19-20-36(35,27-37)42-29(4)39)38(26-28(2)3)34(41)18-11-7-10-15-30-13-8-6-9-14-30/h5-6,8-9,12-14,16-17,24,28,32,40H,1,7,10-11,15,18-23,25-27H2,2-4H3/t32-,35-,36-/m0/s1. The summed E-state index contributed by atoms with van der Waals surface area (Å²) in [6, 6.07) is 18.0. The molecule has 3 atom stereocenters. The molecule has 0 spiro atoms. The topological polar surface area (TPSA) is 70.1 Å². The molecular formula is C36H50N2O4. The summed E-state index contributed by atoms with van der Waals surface area (Å²) in [5.74, 6) is 0.491. The Morgan fingerprint density at radius 3 is 2.60 bits per heavy atom. The number of ether oxygens (including phenoxy) is 1. The molecule has 6 heteroatoms. The molecule has 42 heavy (non-hydrogen) atoms. The highest BCUT2D eigenvalue weighted by molar-refractivity contribution is 5.76. The van der Waals surface area contributed by atoms with E-state index in [1.165, 1.54) is 12.5 Å². The molecule has 1 aliphatic heterocycles. The molecule has 2 aliphatic rings. The van der Waals surface area contributed by atoms with Crippen LogP contribution in [0.5, 0.6) is 5.75 Å². The van der Waals surface area contributed by atoms with Gasteiger partial charge in [-0.25, -0.2) is 0 Å². The van der Waals surface area contributed by atoms with Crippen LogP contribution in [0.3, 0.4) is 0 Å². The van der Waals surface area contributed by atoms with Crippen LogP contribution < -0.4 is 0 Å². The molecule has 1 N–H and O–H groups in total. The van der Waals surface area contributed by atoms with Gasteiger partial charge >= 0.3 is 5.97 Å². The lowest BCUT2D eigenvalue weighted by molar-refractivity contribution is -0.190. The number of hydrogen-bond donors (Lipinski definition) is 1. The van der Waals surface area contributed by atoms with Crippen molar-refractivity contribution in [1.29, 1.82) is 0 Å². The number of rotatable bonds is 13. The number of hydrogen-bond acceptors (Lipinski definition) is 5. The van der Waals surface area contributed by atoms with E-state index in [1.54, 1.807) is 6.07 Å². The maximum absolute atomic E-state index is 13.8. The summed E-state index contributed by atoms with van der Waals surface area (Å²) in [5, 5.41) is 10.5. The van der Waals surface area contributed by atoms with Crippen LogP contribution in [-0.2, 0) is 26.2 Å². The highest BCUT2D eigenvalue weighted by atomic mass is 16.6. The van der Waals surface area contributed by atoms with Crippen LogP contribution in [0.2, 0.25) is 0 Å². The van der Waals surface area contributed by atoms with Crippen LogP contribution in [-0.4, -0.2) is 64.6 Å². The molecule has 1 saturated carbocycles. The van der Waals surface area contributed by atoms with Crippen molar-refractivity contribution in [3.05, 3.63) is 78.4 Å². The maximum Gasteiger partial charge on any atom is 0.303 e. The molecule has 2 fully saturated rings. The van der Waals surface area contributed by atoms with Crippen LogP contribution in [0.4, 0.5) is 0 Å². The largest absolute Gasteiger partial charge is 0.508 e. The molecule has 1 saturated heterocycles. The number of carbonyl (C=O) groups excluding carboxylic acids is 2. The van der Waals surface area contributed by atoms with E-state index < -0.39 is 11.0 Å². The van der Waals surface area contributed by atoms with Gasteiger partial charge in [-0.3, -0.25) is 14.5 Å². The minimum Gasteiger partial charge on any atom is -0.508 e. The number of unbranched alkanes of at least 4 members (excludes halogenated alkanes) is 2. The fraction of sp³-hybridized carbons (Fsp3) is 0.556. The van der Waals surface area contributed by atoms with Crippen molar-refractivity contribution < 1.29 is 19.4 Å². The van der Waals surface area contributed by atoms with Gasteiger partial charge in [0.25, 0.3) is 0 Å². The molecule has 2 aromatic carbocycles. The highest BCUT2D eigenvalue weighted by Gasteiger charge is 2.61. The zero-order valence-corrected chi connectivity index (χ0v) is 25.9. The van der Waals surface area contributed by atoms with E-state index in [9.17, 15) is 14.7 Å². The van der Waals surface area contributed by atoms with Gasteiger partial charge in [0.2, 0.25) is 5.91 Å². The number of phenolic OH excluding ortho intramolecular Hbond substituents is 1. The van der Waals surface area contributed by atoms with Crippen molar-refractivity contribution in [2.45, 2.75) is 95.6 Å². The average Bonchev–Trinajstić information content (AvgIpc) is 2.95. The highest BCUT2D eigenvalue weighted by Crippen LogP contribution is 2.55. The zero-order chi connectivity index (χ0) is 30.2. The van der Waals surface area contributed by atoms with Gasteiger partial charge in [-0.05, 0) is 80.7 Å². The Kier molecular flexibility index (Phi) is 10.9. The van der Waals surface area contributed by atoms with E-state index in [-0.39, 0.29) is 23.7 Å². The Labute approximate surface area is 252 Å². The van der Waals surface area contributed by atoms with Crippen molar-refractivity contribution >= 4 is 11.9 Å². The fourth-order valence-electron chi connectivity index (χ4n) is 7.49. The third-order valence-electron chi connectivity index (χ3n) is 9.32. The summed E-state index contributed by atoms with van der Waals surface area (Å²) in [7, 11) is 0. The summed E-state index contributed by atoms with van der Waals surface area (Å²) < 4.78 is 6.35. The van der Waals surface area contributed by atoms with Gasteiger partial charge < -0.3 is 14.7 Å². The Balaban J connectivity index is 1.57. The molecule has 1 amide bonds. The average molecular weight is 575 g/mol. The number of amides is 1. The predicted octanol–water partition coefficient (Wildman–Crippen LogP) is 6.66. The number of aryl methyl sites for hydroxylation is 1. The number of likely N-dealkylation sites (tertiary alicyclic amines) is 1. The first kappa shape index (κ1) is 31.8. The lowest BCUT2D eigenvalue weighted by Crippen LogP contribution is -2.68. The molecule has 6 nitrogen and oxygen atoms in total. The van der Waals surface area contributed by atoms with Crippen molar-refractivity contribution in [2.75, 3.05) is 26.2 Å². The van der Waals surface area contributed by atoms with E-state index in [0.717, 1.165) is 57.2 Å². The molecule has 228 valence electrons. The zero-order valence-electron chi connectivity index (χ0n) is 25.9. The second-order valence-electron chi connectivity index (χ2n) is 12.9. The number of carbonyl (C=O) groups is 2. The lowest BCUT2D eigenvalue weighted by Gasteiger charge is -2.60. The van der Waals surface area contributed by atoms with Crippen LogP contribution >= 0.6 is 0 Å². The first-order valence-corrected chi connectivity index (χ1v) is 15.8. The van der Waals surface area contributed by atoms with Gasteiger partial charge in [0, 0.05) is 44.4 Å². The molecule has 4 rings (SSSR count). The minimum atomic E-state index is -0.742. The van der Waals surface area contributed by atoms with E-state index in [1.807, 2.05) is 24.3 Å². The summed E-state index contributed by atoms with van der Waals surface area (Å²) >= 11 is 0. The van der Waals surface area contributed by atoms with Crippen LogP contribution in [0.1, 0.15) is 83.3 Å². The molecule has 0 unspecified atom stereocenters. The van der Waals surface area contributed by atoms with Gasteiger partial charge in [0.15, 0.2) is 0 Å². The summed E-state index contributed by atoms with van der Waals surface area (Å²) in [6.45, 7) is 12.7. The van der Waals surface area contributed by atoms with E-state index in [2.05, 4.69) is 60.6 Å². The van der Waals surface area contributed by atoms with Crippen molar-refractivity contribution in [1.82, 2.24) is 9.80 Å². The van der Waals surface area contributed by atoms with Crippen LogP contribution in [0.15, 0.2) is 67.3 Å². The molecule has 0 aromatic heterocycles.